The van der Waals surface area contributed by atoms with E-state index in [9.17, 15) is 10.4 Å². The molecule has 0 spiro atoms. The summed E-state index contributed by atoms with van der Waals surface area (Å²) in [4.78, 5) is 6.94. The average Bonchev–Trinajstić information content (AvgIpc) is 1.33. The Morgan fingerprint density at radius 1 is 1.00 bits per heavy atom. The van der Waals surface area contributed by atoms with Crippen LogP contribution < -0.4 is 0 Å². The third kappa shape index (κ3) is 0.476. The first-order valence-electron chi connectivity index (χ1n) is 1.10. The topological polar surface area (TPSA) is 71.1 Å². The first-order valence-corrected chi connectivity index (χ1v) is 1.10. The van der Waals surface area contributed by atoms with Gasteiger partial charge < -0.3 is 10.4 Å². The maximum atomic E-state index is 9.34. The zero-order chi connectivity index (χ0) is 4.57. The van der Waals surface area contributed by atoms with E-state index in [2.05, 4.69) is 9.88 Å². The van der Waals surface area contributed by atoms with Gasteiger partial charge in [-0.15, -0.1) is 0 Å². The second kappa shape index (κ2) is 1.12. The summed E-state index contributed by atoms with van der Waals surface area (Å²) in [5.41, 5.74) is 0. The lowest BCUT2D eigenvalue weighted by Crippen LogP contribution is -2.42. The standard InChI is InChI=1S/N2O4/c3-1-5-2(4)6-1/q-2. The van der Waals surface area contributed by atoms with E-state index in [4.69, 9.17) is 0 Å². The molecule has 1 fully saturated rings. The molecule has 0 aromatic rings. The van der Waals surface area contributed by atoms with Gasteiger partial charge in [0.05, 0.1) is 0 Å². The number of nitrogens with zero attached hydrogens (tertiary/aromatic N) is 2. The predicted molar refractivity (Wildman–Crippen MR) is 12.6 cm³/mol. The van der Waals surface area contributed by atoms with Crippen molar-refractivity contribution in [2.45, 2.75) is 0 Å². The monoisotopic (exact) mass is 92.0 g/mol. The molecule has 0 atom stereocenters. The van der Waals surface area contributed by atoms with Crippen LogP contribution in [-0.2, 0) is 9.88 Å². The van der Waals surface area contributed by atoms with Crippen LogP contribution in [0.15, 0.2) is 0 Å². The zero-order valence-corrected chi connectivity index (χ0v) is 2.53. The van der Waals surface area contributed by atoms with Gasteiger partial charge in [0, 0.05) is 0 Å². The van der Waals surface area contributed by atoms with Crippen LogP contribution in [0.25, 0.3) is 0 Å². The summed E-state index contributed by atoms with van der Waals surface area (Å²) in [5, 5.41) is 18.1. The van der Waals surface area contributed by atoms with E-state index in [1.807, 2.05) is 0 Å². The molecule has 0 aromatic carbocycles. The van der Waals surface area contributed by atoms with Crippen molar-refractivity contribution in [3.63, 3.8) is 0 Å². The van der Waals surface area contributed by atoms with Gasteiger partial charge in [0.1, 0.15) is 0 Å². The second-order valence-corrected chi connectivity index (χ2v) is 0.611. The van der Waals surface area contributed by atoms with Gasteiger partial charge in [0.2, 0.25) is 0 Å². The highest BCUT2D eigenvalue weighted by molar-refractivity contribution is 4.25. The highest BCUT2D eigenvalue weighted by Crippen LogP contribution is 2.06. The van der Waals surface area contributed by atoms with Crippen LogP contribution in [0.4, 0.5) is 0 Å². The first kappa shape index (κ1) is 3.93. The molecule has 0 aromatic heterocycles. The minimum atomic E-state index is -0.312. The number of rotatable bonds is 0. The van der Waals surface area contributed by atoms with Crippen molar-refractivity contribution >= 4 is 0 Å². The molecule has 36 valence electrons. The molecule has 6 heavy (non-hydrogen) atoms. The van der Waals surface area contributed by atoms with Gasteiger partial charge in [0.15, 0.2) is 0 Å². The predicted octanol–water partition coefficient (Wildman–Crippen LogP) is -0.707. The smallest absolute Gasteiger partial charge is 0.0876 e. The lowest BCUT2D eigenvalue weighted by atomic mass is 12.6. The minimum Gasteiger partial charge on any atom is -0.735 e. The summed E-state index contributed by atoms with van der Waals surface area (Å²) >= 11 is 0. The Morgan fingerprint density at radius 3 is 1.33 bits per heavy atom. The van der Waals surface area contributed by atoms with Gasteiger partial charge in [-0.2, -0.15) is 9.88 Å². The van der Waals surface area contributed by atoms with Gasteiger partial charge in [-0.25, -0.2) is 0 Å². The zero-order valence-electron chi connectivity index (χ0n) is 2.53. The Bertz CT molecular complexity index is 41.5. The fourth-order valence-electron chi connectivity index (χ4n) is 0.115. The second-order valence-electron chi connectivity index (χ2n) is 0.611. The lowest BCUT2D eigenvalue weighted by Gasteiger charge is -2.44. The molecule has 0 saturated carbocycles. The molecule has 0 bridgehead atoms. The molecule has 0 radical (unpaired) electrons. The summed E-state index contributed by atoms with van der Waals surface area (Å²) in [5.74, 6) is 0. The van der Waals surface area contributed by atoms with Crippen molar-refractivity contribution in [2.24, 2.45) is 0 Å². The molecule has 1 heterocycles. The van der Waals surface area contributed by atoms with Crippen LogP contribution in [0.2, 0.25) is 0 Å². The third-order valence-corrected chi connectivity index (χ3v) is 0.267. The van der Waals surface area contributed by atoms with Gasteiger partial charge in [0.25, 0.3) is 0 Å². The Balaban J connectivity index is 2.11. The first-order chi connectivity index (χ1) is 2.79. The highest BCUT2D eigenvalue weighted by atomic mass is 17.5. The molecule has 0 unspecified atom stereocenters. The molecular weight excluding hydrogens is 92.0 g/mol. The fourth-order valence-corrected chi connectivity index (χ4v) is 0.115. The van der Waals surface area contributed by atoms with E-state index >= 15 is 0 Å². The Morgan fingerprint density at radius 2 is 1.33 bits per heavy atom. The van der Waals surface area contributed by atoms with Crippen LogP contribution in [0.3, 0.4) is 0 Å². The molecule has 0 aliphatic carbocycles. The molecule has 1 saturated heterocycles. The summed E-state index contributed by atoms with van der Waals surface area (Å²) in [6.45, 7) is 0. The van der Waals surface area contributed by atoms with E-state index in [0.29, 0.717) is 0 Å². The Labute approximate surface area is 32.4 Å². The van der Waals surface area contributed by atoms with Crippen LogP contribution in [0.5, 0.6) is 0 Å². The van der Waals surface area contributed by atoms with Crippen molar-refractivity contribution in [2.75, 3.05) is 0 Å². The maximum Gasteiger partial charge on any atom is -0.0876 e. The minimum absolute atomic E-state index is 0.312. The summed E-state index contributed by atoms with van der Waals surface area (Å²) in [7, 11) is 0. The molecule has 6 heteroatoms. The van der Waals surface area contributed by atoms with Crippen molar-refractivity contribution in [3.05, 3.63) is 10.4 Å². The number of hydrogen-bond donors (Lipinski definition) is 0. The SMILES string of the molecule is [O-]N1ON([O-])O1. The molecule has 0 N–H and O–H groups in total. The van der Waals surface area contributed by atoms with E-state index in [-0.39, 0.29) is 10.8 Å². The molecule has 0 amide bonds. The normalized spacial score (nSPS) is 27.0. The lowest BCUT2D eigenvalue weighted by molar-refractivity contribution is -0.676. The van der Waals surface area contributed by atoms with Gasteiger partial charge >= 0.3 is 0 Å². The average molecular weight is 92.0 g/mol. The van der Waals surface area contributed by atoms with Crippen molar-refractivity contribution in [1.29, 1.82) is 0 Å². The van der Waals surface area contributed by atoms with Crippen molar-refractivity contribution in [3.8, 4) is 0 Å². The quantitative estimate of drug-likeness (QED) is 0.393. The molecule has 1 aliphatic heterocycles. The van der Waals surface area contributed by atoms with Crippen molar-refractivity contribution < 1.29 is 9.88 Å². The summed E-state index contributed by atoms with van der Waals surface area (Å²) < 4.78 is 0. The van der Waals surface area contributed by atoms with Gasteiger partial charge in [-0.05, 0) is 0 Å². The molecule has 1 rings (SSSR count). The molecule has 6 nitrogen and oxygen atoms in total. The summed E-state index contributed by atoms with van der Waals surface area (Å²) in [6, 6.07) is 0. The molecular formula is N2O4-2. The van der Waals surface area contributed by atoms with Gasteiger partial charge in [-0.3, -0.25) is 0 Å². The van der Waals surface area contributed by atoms with Crippen molar-refractivity contribution in [1.82, 2.24) is 10.8 Å². The van der Waals surface area contributed by atoms with Crippen LogP contribution >= 0.6 is 0 Å². The highest BCUT2D eigenvalue weighted by Gasteiger charge is 2.06. The molecule has 1 aliphatic rings. The number of hydrogen-bond acceptors (Lipinski definition) is 6. The van der Waals surface area contributed by atoms with Gasteiger partial charge in [-0.1, -0.05) is 10.8 Å². The van der Waals surface area contributed by atoms with E-state index < -0.39 is 0 Å². The fraction of sp³-hybridized carbons (Fsp3) is 0. The third-order valence-electron chi connectivity index (χ3n) is 0.267. The van der Waals surface area contributed by atoms with E-state index in [1.54, 1.807) is 0 Å². The van der Waals surface area contributed by atoms with Crippen LogP contribution in [-0.4, -0.2) is 10.8 Å². The van der Waals surface area contributed by atoms with Crippen LogP contribution in [0.1, 0.15) is 0 Å². The largest absolute Gasteiger partial charge is 0.735 e. The van der Waals surface area contributed by atoms with E-state index in [1.165, 1.54) is 0 Å². The Hall–Kier alpha value is -0.240. The van der Waals surface area contributed by atoms with Crippen LogP contribution in [0, 0.1) is 10.4 Å². The Kier molecular flexibility index (Phi) is 0.733. The summed E-state index contributed by atoms with van der Waals surface area (Å²) in [6.07, 6.45) is 0. The van der Waals surface area contributed by atoms with E-state index in [0.717, 1.165) is 0 Å². The maximum absolute atomic E-state index is 9.34.